The molecule has 0 aliphatic carbocycles. The Labute approximate surface area is 100 Å². The molecule has 16 heavy (non-hydrogen) atoms. The molecule has 0 heterocycles. The first kappa shape index (κ1) is 13.1. The van der Waals surface area contributed by atoms with Crippen LogP contribution in [0.15, 0.2) is 24.3 Å². The van der Waals surface area contributed by atoms with Crippen molar-refractivity contribution in [1.82, 2.24) is 0 Å². The summed E-state index contributed by atoms with van der Waals surface area (Å²) in [6.07, 6.45) is 3.55. The summed E-state index contributed by atoms with van der Waals surface area (Å²) in [5, 5.41) is 3.68. The second-order valence-corrected chi connectivity index (χ2v) is 4.81. The predicted molar refractivity (Wildman–Crippen MR) is 73.0 cm³/mol. The van der Waals surface area contributed by atoms with E-state index in [0.29, 0.717) is 12.0 Å². The number of rotatable bonds is 6. The quantitative estimate of drug-likeness (QED) is 0.743. The standard InChI is InChI=1S/C15H25N/c1-5-9-13-10-7-8-11-15(13)16-14(6-2)12(3)4/h7-8,10-12,14,16H,5-6,9H2,1-4H3. The van der Waals surface area contributed by atoms with E-state index in [9.17, 15) is 0 Å². The van der Waals surface area contributed by atoms with Gasteiger partial charge in [0.15, 0.2) is 0 Å². The van der Waals surface area contributed by atoms with Gasteiger partial charge in [-0.25, -0.2) is 0 Å². The van der Waals surface area contributed by atoms with Crippen molar-refractivity contribution in [3.8, 4) is 0 Å². The van der Waals surface area contributed by atoms with E-state index in [2.05, 4.69) is 57.3 Å². The van der Waals surface area contributed by atoms with Gasteiger partial charge in [0, 0.05) is 11.7 Å². The number of hydrogen-bond donors (Lipinski definition) is 1. The van der Waals surface area contributed by atoms with Crippen LogP contribution < -0.4 is 5.32 Å². The number of aryl methyl sites for hydroxylation is 1. The van der Waals surface area contributed by atoms with Crippen LogP contribution in [0.25, 0.3) is 0 Å². The largest absolute Gasteiger partial charge is 0.382 e. The zero-order chi connectivity index (χ0) is 12.0. The third-order valence-electron chi connectivity index (χ3n) is 3.12. The molecular weight excluding hydrogens is 194 g/mol. The Kier molecular flexibility index (Phi) is 5.37. The van der Waals surface area contributed by atoms with Gasteiger partial charge in [-0.3, -0.25) is 0 Å². The summed E-state index contributed by atoms with van der Waals surface area (Å²) in [4.78, 5) is 0. The van der Waals surface area contributed by atoms with Crippen LogP contribution >= 0.6 is 0 Å². The van der Waals surface area contributed by atoms with E-state index < -0.39 is 0 Å². The summed E-state index contributed by atoms with van der Waals surface area (Å²) < 4.78 is 0. The summed E-state index contributed by atoms with van der Waals surface area (Å²) in [5.41, 5.74) is 2.77. The maximum Gasteiger partial charge on any atom is 0.0374 e. The molecule has 0 aromatic heterocycles. The molecule has 1 atom stereocenters. The summed E-state index contributed by atoms with van der Waals surface area (Å²) in [7, 11) is 0. The van der Waals surface area contributed by atoms with Crippen LogP contribution in [0.3, 0.4) is 0 Å². The van der Waals surface area contributed by atoms with E-state index in [-0.39, 0.29) is 0 Å². The van der Waals surface area contributed by atoms with Crippen molar-refractivity contribution < 1.29 is 0 Å². The third-order valence-corrected chi connectivity index (χ3v) is 3.12. The molecule has 0 bridgehead atoms. The molecule has 1 aromatic rings. The van der Waals surface area contributed by atoms with Crippen LogP contribution in [-0.2, 0) is 6.42 Å². The van der Waals surface area contributed by atoms with Crippen LogP contribution in [0.2, 0.25) is 0 Å². The highest BCUT2D eigenvalue weighted by molar-refractivity contribution is 5.51. The Morgan fingerprint density at radius 3 is 2.38 bits per heavy atom. The van der Waals surface area contributed by atoms with Crippen molar-refractivity contribution >= 4 is 5.69 Å². The summed E-state index contributed by atoms with van der Waals surface area (Å²) in [6, 6.07) is 9.27. The lowest BCUT2D eigenvalue weighted by molar-refractivity contribution is 0.511. The van der Waals surface area contributed by atoms with E-state index in [1.807, 2.05) is 0 Å². The molecule has 1 unspecified atom stereocenters. The van der Waals surface area contributed by atoms with E-state index in [0.717, 1.165) is 6.42 Å². The fourth-order valence-electron chi connectivity index (χ4n) is 2.09. The molecule has 1 nitrogen and oxygen atoms in total. The SMILES string of the molecule is CCCc1ccccc1NC(CC)C(C)C. The number of nitrogens with one attached hydrogen (secondary N) is 1. The van der Waals surface area contributed by atoms with Gasteiger partial charge in [0.1, 0.15) is 0 Å². The van der Waals surface area contributed by atoms with E-state index in [1.165, 1.54) is 24.1 Å². The lowest BCUT2D eigenvalue weighted by atomic mass is 10.00. The minimum absolute atomic E-state index is 0.581. The second kappa shape index (κ2) is 6.57. The molecule has 1 aromatic carbocycles. The number of hydrogen-bond acceptors (Lipinski definition) is 1. The predicted octanol–water partition coefficient (Wildman–Crippen LogP) is 4.49. The zero-order valence-electron chi connectivity index (χ0n) is 11.1. The molecular formula is C15H25N. The van der Waals surface area contributed by atoms with Gasteiger partial charge in [-0.15, -0.1) is 0 Å². The van der Waals surface area contributed by atoms with Gasteiger partial charge < -0.3 is 5.32 Å². The van der Waals surface area contributed by atoms with Gasteiger partial charge in [0.2, 0.25) is 0 Å². The maximum absolute atomic E-state index is 3.68. The van der Waals surface area contributed by atoms with Crippen molar-refractivity contribution in [3.05, 3.63) is 29.8 Å². The highest BCUT2D eigenvalue weighted by Crippen LogP contribution is 2.20. The van der Waals surface area contributed by atoms with Crippen LogP contribution in [0.5, 0.6) is 0 Å². The normalized spacial score (nSPS) is 12.8. The molecule has 0 aliphatic heterocycles. The fourth-order valence-corrected chi connectivity index (χ4v) is 2.09. The first-order valence-corrected chi connectivity index (χ1v) is 6.53. The molecule has 0 radical (unpaired) electrons. The average Bonchev–Trinajstić information content (AvgIpc) is 2.27. The molecule has 1 N–H and O–H groups in total. The van der Waals surface area contributed by atoms with Gasteiger partial charge in [0.05, 0.1) is 0 Å². The van der Waals surface area contributed by atoms with Crippen LogP contribution in [0, 0.1) is 5.92 Å². The van der Waals surface area contributed by atoms with Gasteiger partial charge in [-0.05, 0) is 30.4 Å². The van der Waals surface area contributed by atoms with Gasteiger partial charge >= 0.3 is 0 Å². The highest BCUT2D eigenvalue weighted by atomic mass is 14.9. The topological polar surface area (TPSA) is 12.0 Å². The van der Waals surface area contributed by atoms with Crippen molar-refractivity contribution in [2.45, 2.75) is 53.0 Å². The molecule has 0 saturated heterocycles. The second-order valence-electron chi connectivity index (χ2n) is 4.81. The minimum atomic E-state index is 0.581. The average molecular weight is 219 g/mol. The summed E-state index contributed by atoms with van der Waals surface area (Å²) >= 11 is 0. The molecule has 1 heteroatoms. The zero-order valence-corrected chi connectivity index (χ0v) is 11.1. The van der Waals surface area contributed by atoms with Crippen molar-refractivity contribution in [2.75, 3.05) is 5.32 Å². The van der Waals surface area contributed by atoms with Gasteiger partial charge in [-0.1, -0.05) is 52.3 Å². The Balaban J connectivity index is 2.78. The molecule has 0 aliphatic rings. The Hall–Kier alpha value is -0.980. The Bertz CT molecular complexity index is 304. The first-order chi connectivity index (χ1) is 7.69. The summed E-state index contributed by atoms with van der Waals surface area (Å²) in [5.74, 6) is 0.680. The molecule has 0 amide bonds. The molecule has 1 rings (SSSR count). The lowest BCUT2D eigenvalue weighted by Gasteiger charge is -2.23. The number of para-hydroxylation sites is 1. The van der Waals surface area contributed by atoms with Crippen LogP contribution in [0.1, 0.15) is 46.1 Å². The number of benzene rings is 1. The minimum Gasteiger partial charge on any atom is -0.382 e. The summed E-state index contributed by atoms with van der Waals surface area (Å²) in [6.45, 7) is 9.05. The molecule has 0 spiro atoms. The molecule has 0 fully saturated rings. The van der Waals surface area contributed by atoms with Crippen LogP contribution in [-0.4, -0.2) is 6.04 Å². The smallest absolute Gasteiger partial charge is 0.0374 e. The van der Waals surface area contributed by atoms with Crippen molar-refractivity contribution in [1.29, 1.82) is 0 Å². The molecule has 90 valence electrons. The van der Waals surface area contributed by atoms with Gasteiger partial charge in [0.25, 0.3) is 0 Å². The maximum atomic E-state index is 3.68. The Morgan fingerprint density at radius 1 is 1.12 bits per heavy atom. The lowest BCUT2D eigenvalue weighted by Crippen LogP contribution is -2.25. The number of anilines is 1. The Morgan fingerprint density at radius 2 is 1.81 bits per heavy atom. The van der Waals surface area contributed by atoms with Crippen LogP contribution in [0.4, 0.5) is 5.69 Å². The monoisotopic (exact) mass is 219 g/mol. The van der Waals surface area contributed by atoms with Gasteiger partial charge in [-0.2, -0.15) is 0 Å². The van der Waals surface area contributed by atoms with E-state index in [4.69, 9.17) is 0 Å². The molecule has 0 saturated carbocycles. The fraction of sp³-hybridized carbons (Fsp3) is 0.600. The van der Waals surface area contributed by atoms with E-state index >= 15 is 0 Å². The third kappa shape index (κ3) is 3.55. The van der Waals surface area contributed by atoms with Crippen molar-refractivity contribution in [3.63, 3.8) is 0 Å². The van der Waals surface area contributed by atoms with E-state index in [1.54, 1.807) is 0 Å². The first-order valence-electron chi connectivity index (χ1n) is 6.53. The van der Waals surface area contributed by atoms with Crippen molar-refractivity contribution in [2.24, 2.45) is 5.92 Å². The highest BCUT2D eigenvalue weighted by Gasteiger charge is 2.11.